The van der Waals surface area contributed by atoms with E-state index in [0.717, 1.165) is 77.0 Å². The number of nitrogens with one attached hydrogen (secondary N) is 1. The molecule has 0 saturated carbocycles. The Balaban J connectivity index is 3.52. The van der Waals surface area contributed by atoms with Crippen LogP contribution in [0.1, 0.15) is 284 Å². The summed E-state index contributed by atoms with van der Waals surface area (Å²) >= 11 is 0. The lowest BCUT2D eigenvalue weighted by Gasteiger charge is -2.22. The van der Waals surface area contributed by atoms with Crippen molar-refractivity contribution in [2.24, 2.45) is 0 Å². The van der Waals surface area contributed by atoms with E-state index in [0.29, 0.717) is 12.8 Å². The van der Waals surface area contributed by atoms with Crippen LogP contribution < -0.4 is 5.32 Å². The normalized spacial score (nSPS) is 13.4. The standard InChI is InChI=1S/C60H109NO3/c1-3-5-7-9-11-13-15-17-19-21-23-25-27-29-30-32-33-35-37-39-41-43-45-47-49-51-53-55-59(63)58(57-62)61-60(64)56-54-52-50-48-46-44-42-40-38-36-34-31-28-26-24-22-20-18-16-14-12-10-8-6-4-2/h6,8,12,14,18,20,24,26,31,34,38,40,58-59,62-63H,3-5,7,9-11,13,15-17,19,21-23,25,27-30,32-33,35-37,39,41-57H2,1-2H3,(H,61,64)/b8-6-,14-12-,20-18-,26-24-,34-31-,40-38-. The van der Waals surface area contributed by atoms with Crippen molar-refractivity contribution >= 4 is 5.91 Å². The highest BCUT2D eigenvalue weighted by molar-refractivity contribution is 5.76. The van der Waals surface area contributed by atoms with Gasteiger partial charge < -0.3 is 15.5 Å². The van der Waals surface area contributed by atoms with E-state index in [2.05, 4.69) is 92.1 Å². The third kappa shape index (κ3) is 50.8. The first-order valence-corrected chi connectivity index (χ1v) is 28.1. The molecule has 0 aliphatic carbocycles. The van der Waals surface area contributed by atoms with Gasteiger partial charge in [0.25, 0.3) is 0 Å². The number of carbonyl (C=O) groups excluding carboxylic acids is 1. The van der Waals surface area contributed by atoms with E-state index in [-0.39, 0.29) is 12.5 Å². The van der Waals surface area contributed by atoms with E-state index < -0.39 is 12.1 Å². The molecule has 3 N–H and O–H groups in total. The smallest absolute Gasteiger partial charge is 0.220 e. The first-order valence-electron chi connectivity index (χ1n) is 28.1. The van der Waals surface area contributed by atoms with Crippen LogP contribution in [0.4, 0.5) is 0 Å². The van der Waals surface area contributed by atoms with Crippen LogP contribution in [0, 0.1) is 0 Å². The fourth-order valence-corrected chi connectivity index (χ4v) is 8.48. The zero-order valence-corrected chi connectivity index (χ0v) is 42.8. The summed E-state index contributed by atoms with van der Waals surface area (Å²) in [6, 6.07) is -0.550. The molecule has 0 aliphatic rings. The Bertz CT molecular complexity index is 1100. The summed E-state index contributed by atoms with van der Waals surface area (Å²) < 4.78 is 0. The Kier molecular flexibility index (Phi) is 53.3. The Hall–Kier alpha value is -2.17. The van der Waals surface area contributed by atoms with Crippen LogP contribution in [-0.4, -0.2) is 34.9 Å². The molecule has 1 amide bonds. The van der Waals surface area contributed by atoms with Crippen LogP contribution in [0.2, 0.25) is 0 Å². The number of unbranched alkanes of at least 4 members (excludes halogenated alkanes) is 32. The van der Waals surface area contributed by atoms with Crippen LogP contribution in [0.3, 0.4) is 0 Å². The molecule has 2 atom stereocenters. The Morgan fingerprint density at radius 1 is 0.391 bits per heavy atom. The minimum atomic E-state index is -0.672. The molecule has 64 heavy (non-hydrogen) atoms. The third-order valence-corrected chi connectivity index (χ3v) is 12.7. The quantitative estimate of drug-likeness (QED) is 0.0421. The molecule has 372 valence electrons. The second-order valence-electron chi connectivity index (χ2n) is 19.0. The lowest BCUT2D eigenvalue weighted by atomic mass is 10.0. The Morgan fingerprint density at radius 3 is 1.03 bits per heavy atom. The number of aliphatic hydroxyl groups is 2. The summed E-state index contributed by atoms with van der Waals surface area (Å²) in [5.74, 6) is -0.0454. The van der Waals surface area contributed by atoms with Gasteiger partial charge in [-0.1, -0.05) is 286 Å². The molecule has 0 aromatic carbocycles. The molecule has 0 rings (SSSR count). The van der Waals surface area contributed by atoms with Gasteiger partial charge in [0, 0.05) is 6.42 Å². The molecule has 0 aromatic heterocycles. The first kappa shape index (κ1) is 61.8. The lowest BCUT2D eigenvalue weighted by Crippen LogP contribution is -2.45. The molecule has 2 unspecified atom stereocenters. The number of hydrogen-bond acceptors (Lipinski definition) is 3. The van der Waals surface area contributed by atoms with Gasteiger partial charge in [-0.05, 0) is 64.2 Å². The summed E-state index contributed by atoms with van der Waals surface area (Å²) in [5.41, 5.74) is 0. The van der Waals surface area contributed by atoms with Gasteiger partial charge in [-0.3, -0.25) is 4.79 Å². The third-order valence-electron chi connectivity index (χ3n) is 12.7. The van der Waals surface area contributed by atoms with Crippen molar-refractivity contribution in [2.75, 3.05) is 6.61 Å². The highest BCUT2D eigenvalue weighted by Crippen LogP contribution is 2.17. The van der Waals surface area contributed by atoms with Crippen molar-refractivity contribution in [3.05, 3.63) is 72.9 Å². The number of allylic oxidation sites excluding steroid dienone is 12. The molecule has 0 spiro atoms. The molecule has 0 bridgehead atoms. The van der Waals surface area contributed by atoms with Crippen molar-refractivity contribution < 1.29 is 15.0 Å². The van der Waals surface area contributed by atoms with Crippen LogP contribution in [-0.2, 0) is 4.79 Å². The van der Waals surface area contributed by atoms with E-state index in [4.69, 9.17) is 0 Å². The average molecular weight is 893 g/mol. The number of amides is 1. The summed E-state index contributed by atoms with van der Waals surface area (Å²) in [5, 5.41) is 23.3. The van der Waals surface area contributed by atoms with Crippen molar-refractivity contribution in [2.45, 2.75) is 296 Å². The van der Waals surface area contributed by atoms with Crippen molar-refractivity contribution in [3.63, 3.8) is 0 Å². The van der Waals surface area contributed by atoms with Crippen LogP contribution in [0.15, 0.2) is 72.9 Å². The summed E-state index contributed by atoms with van der Waals surface area (Å²) in [7, 11) is 0. The summed E-state index contributed by atoms with van der Waals surface area (Å²) in [4.78, 5) is 12.5. The van der Waals surface area contributed by atoms with Crippen LogP contribution in [0.25, 0.3) is 0 Å². The lowest BCUT2D eigenvalue weighted by molar-refractivity contribution is -0.123. The van der Waals surface area contributed by atoms with E-state index in [1.54, 1.807) is 0 Å². The number of rotatable bonds is 51. The van der Waals surface area contributed by atoms with Crippen molar-refractivity contribution in [1.82, 2.24) is 5.32 Å². The van der Waals surface area contributed by atoms with Gasteiger partial charge in [0.1, 0.15) is 0 Å². The zero-order valence-electron chi connectivity index (χ0n) is 42.8. The van der Waals surface area contributed by atoms with Gasteiger partial charge in [-0.2, -0.15) is 0 Å². The van der Waals surface area contributed by atoms with Gasteiger partial charge in [0.15, 0.2) is 0 Å². The van der Waals surface area contributed by atoms with Crippen molar-refractivity contribution in [3.8, 4) is 0 Å². The maximum atomic E-state index is 12.5. The van der Waals surface area contributed by atoms with Crippen LogP contribution >= 0.6 is 0 Å². The second kappa shape index (κ2) is 55.2. The minimum Gasteiger partial charge on any atom is -0.394 e. The molecule has 0 saturated heterocycles. The highest BCUT2D eigenvalue weighted by Gasteiger charge is 2.20. The second-order valence-corrected chi connectivity index (χ2v) is 19.0. The summed E-state index contributed by atoms with van der Waals surface area (Å²) in [6.45, 7) is 4.26. The van der Waals surface area contributed by atoms with Gasteiger partial charge in [-0.25, -0.2) is 0 Å². The molecular formula is C60H109NO3. The molecule has 0 aliphatic heterocycles. The summed E-state index contributed by atoms with van der Waals surface area (Å²) in [6.07, 6.45) is 78.8. The van der Waals surface area contributed by atoms with Gasteiger partial charge in [-0.15, -0.1) is 0 Å². The van der Waals surface area contributed by atoms with E-state index in [1.165, 1.54) is 180 Å². The largest absolute Gasteiger partial charge is 0.394 e. The van der Waals surface area contributed by atoms with E-state index >= 15 is 0 Å². The van der Waals surface area contributed by atoms with E-state index in [9.17, 15) is 15.0 Å². The SMILES string of the molecule is CC/C=C\C/C=C\C/C=C\C/C=C\C/C=C\C/C=C\CCCCCCCCC(=O)NC(CO)C(O)CCCCCCCCCCCCCCCCCCCCCCCCCCCCC. The highest BCUT2D eigenvalue weighted by atomic mass is 16.3. The van der Waals surface area contributed by atoms with Gasteiger partial charge in [0.05, 0.1) is 18.8 Å². The van der Waals surface area contributed by atoms with Gasteiger partial charge >= 0.3 is 0 Å². The first-order chi connectivity index (χ1) is 31.7. The van der Waals surface area contributed by atoms with Crippen molar-refractivity contribution in [1.29, 1.82) is 0 Å². The molecule has 4 nitrogen and oxygen atoms in total. The molecule has 0 fully saturated rings. The van der Waals surface area contributed by atoms with E-state index in [1.807, 2.05) is 0 Å². The predicted octanol–water partition coefficient (Wildman–Crippen LogP) is 18.6. The van der Waals surface area contributed by atoms with Gasteiger partial charge in [0.2, 0.25) is 5.91 Å². The maximum Gasteiger partial charge on any atom is 0.220 e. The zero-order chi connectivity index (χ0) is 46.3. The minimum absolute atomic E-state index is 0.0454. The molecule has 0 heterocycles. The molecule has 4 heteroatoms. The molecule has 0 aromatic rings. The fraction of sp³-hybridized carbons (Fsp3) is 0.783. The number of hydrogen-bond donors (Lipinski definition) is 3. The monoisotopic (exact) mass is 892 g/mol. The molecular weight excluding hydrogens is 783 g/mol. The number of carbonyl (C=O) groups is 1. The maximum absolute atomic E-state index is 12.5. The fourth-order valence-electron chi connectivity index (χ4n) is 8.48. The molecule has 0 radical (unpaired) electrons. The number of aliphatic hydroxyl groups excluding tert-OH is 2. The Morgan fingerprint density at radius 2 is 0.688 bits per heavy atom. The topological polar surface area (TPSA) is 69.6 Å². The Labute approximate surface area is 399 Å². The predicted molar refractivity (Wildman–Crippen MR) is 285 cm³/mol. The average Bonchev–Trinajstić information content (AvgIpc) is 3.30. The van der Waals surface area contributed by atoms with Crippen LogP contribution in [0.5, 0.6) is 0 Å².